The smallest absolute Gasteiger partial charge is 0.258 e. The standard InChI is InChI=1S/C13H20N4O3S/c1-8-5-12(10(3)20-8)9(2)17-21(18,19)13-11(6-14-4)7-15-16-13/h5,7,9,14,17H,6H2,1-4H3,(H,15,16). The first-order valence-electron chi connectivity index (χ1n) is 6.61. The predicted molar refractivity (Wildman–Crippen MR) is 78.3 cm³/mol. The summed E-state index contributed by atoms with van der Waals surface area (Å²) >= 11 is 0. The van der Waals surface area contributed by atoms with Crippen LogP contribution in [0, 0.1) is 13.8 Å². The highest BCUT2D eigenvalue weighted by molar-refractivity contribution is 7.89. The van der Waals surface area contributed by atoms with E-state index in [1.54, 1.807) is 14.0 Å². The topological polar surface area (TPSA) is 100 Å². The van der Waals surface area contributed by atoms with E-state index in [-0.39, 0.29) is 5.03 Å². The number of H-pyrrole nitrogens is 1. The summed E-state index contributed by atoms with van der Waals surface area (Å²) in [5.41, 5.74) is 1.42. The lowest BCUT2D eigenvalue weighted by Gasteiger charge is -2.13. The molecule has 0 saturated carbocycles. The SMILES string of the molecule is CNCc1cn[nH]c1S(=O)(=O)NC(C)c1cc(C)oc1C. The number of aryl methyl sites for hydroxylation is 2. The minimum absolute atomic E-state index is 0.0848. The summed E-state index contributed by atoms with van der Waals surface area (Å²) in [6.45, 7) is 5.85. The molecule has 0 aromatic carbocycles. The summed E-state index contributed by atoms with van der Waals surface area (Å²) < 4.78 is 33.0. The first kappa shape index (κ1) is 15.7. The van der Waals surface area contributed by atoms with E-state index in [9.17, 15) is 8.42 Å². The van der Waals surface area contributed by atoms with Crippen LogP contribution in [0.2, 0.25) is 0 Å². The van der Waals surface area contributed by atoms with Gasteiger partial charge in [0.15, 0.2) is 5.03 Å². The Morgan fingerprint density at radius 2 is 2.14 bits per heavy atom. The summed E-state index contributed by atoms with van der Waals surface area (Å²) in [6, 6.07) is 1.45. The van der Waals surface area contributed by atoms with Crippen LogP contribution in [-0.4, -0.2) is 25.7 Å². The maximum Gasteiger partial charge on any atom is 0.258 e. The molecule has 1 atom stereocenters. The molecule has 3 N–H and O–H groups in total. The molecule has 8 heteroatoms. The first-order valence-corrected chi connectivity index (χ1v) is 8.09. The van der Waals surface area contributed by atoms with E-state index in [1.165, 1.54) is 6.20 Å². The van der Waals surface area contributed by atoms with Gasteiger partial charge >= 0.3 is 0 Å². The average Bonchev–Trinajstić information content (AvgIpc) is 2.96. The molecule has 0 amide bonds. The number of rotatable bonds is 6. The Balaban J connectivity index is 2.25. The molecule has 0 radical (unpaired) electrons. The molecule has 0 aliphatic carbocycles. The quantitative estimate of drug-likeness (QED) is 0.748. The highest BCUT2D eigenvalue weighted by Gasteiger charge is 2.24. The fourth-order valence-corrected chi connectivity index (χ4v) is 3.64. The Labute approximate surface area is 124 Å². The third kappa shape index (κ3) is 3.34. The van der Waals surface area contributed by atoms with Gasteiger partial charge in [-0.2, -0.15) is 5.10 Å². The number of nitrogens with zero attached hydrogens (tertiary/aromatic N) is 1. The minimum atomic E-state index is -3.67. The maximum absolute atomic E-state index is 12.5. The molecule has 2 heterocycles. The second-order valence-electron chi connectivity index (χ2n) is 4.97. The van der Waals surface area contributed by atoms with E-state index in [4.69, 9.17) is 4.42 Å². The molecule has 21 heavy (non-hydrogen) atoms. The van der Waals surface area contributed by atoms with E-state index in [1.807, 2.05) is 19.9 Å². The molecule has 2 rings (SSSR count). The average molecular weight is 312 g/mol. The first-order chi connectivity index (χ1) is 9.85. The fraction of sp³-hybridized carbons (Fsp3) is 0.462. The lowest BCUT2D eigenvalue weighted by atomic mass is 10.1. The van der Waals surface area contributed by atoms with Gasteiger partial charge in [-0.25, -0.2) is 13.1 Å². The van der Waals surface area contributed by atoms with E-state index in [2.05, 4.69) is 20.2 Å². The van der Waals surface area contributed by atoms with Crippen molar-refractivity contribution in [3.05, 3.63) is 34.9 Å². The van der Waals surface area contributed by atoms with Crippen LogP contribution in [0.25, 0.3) is 0 Å². The number of aromatic nitrogens is 2. The minimum Gasteiger partial charge on any atom is -0.466 e. The van der Waals surface area contributed by atoms with Crippen molar-refractivity contribution in [1.29, 1.82) is 0 Å². The lowest BCUT2D eigenvalue weighted by molar-refractivity contribution is 0.496. The lowest BCUT2D eigenvalue weighted by Crippen LogP contribution is -2.28. The molecule has 2 aromatic rings. The summed E-state index contributed by atoms with van der Waals surface area (Å²) in [7, 11) is -1.93. The van der Waals surface area contributed by atoms with Crippen molar-refractivity contribution >= 4 is 10.0 Å². The summed E-state index contributed by atoms with van der Waals surface area (Å²) in [5, 5.41) is 9.35. The Kier molecular flexibility index (Phi) is 4.50. The third-order valence-corrected chi connectivity index (χ3v) is 4.75. The van der Waals surface area contributed by atoms with Gasteiger partial charge in [0.05, 0.1) is 6.20 Å². The fourth-order valence-electron chi connectivity index (χ4n) is 2.28. The number of nitrogens with one attached hydrogen (secondary N) is 3. The van der Waals surface area contributed by atoms with Crippen molar-refractivity contribution in [1.82, 2.24) is 20.2 Å². The second-order valence-corrected chi connectivity index (χ2v) is 6.62. The number of hydrogen-bond donors (Lipinski definition) is 3. The van der Waals surface area contributed by atoms with Gasteiger partial charge in [-0.15, -0.1) is 0 Å². The van der Waals surface area contributed by atoms with Gasteiger partial charge in [0.25, 0.3) is 10.0 Å². The van der Waals surface area contributed by atoms with Crippen molar-refractivity contribution in [2.45, 2.75) is 38.4 Å². The highest BCUT2D eigenvalue weighted by atomic mass is 32.2. The zero-order valence-electron chi connectivity index (χ0n) is 12.5. The normalized spacial score (nSPS) is 13.5. The maximum atomic E-state index is 12.5. The highest BCUT2D eigenvalue weighted by Crippen LogP contribution is 2.23. The molecule has 0 spiro atoms. The van der Waals surface area contributed by atoms with E-state index < -0.39 is 16.1 Å². The van der Waals surface area contributed by atoms with Crippen LogP contribution < -0.4 is 10.0 Å². The third-order valence-electron chi connectivity index (χ3n) is 3.19. The summed E-state index contributed by atoms with van der Waals surface area (Å²) in [5.74, 6) is 1.47. The second kappa shape index (κ2) is 6.00. The Morgan fingerprint density at radius 3 is 2.71 bits per heavy atom. The van der Waals surface area contributed by atoms with E-state index in [0.717, 1.165) is 11.3 Å². The molecular formula is C13H20N4O3S. The predicted octanol–water partition coefficient (Wildman–Crippen LogP) is 1.38. The van der Waals surface area contributed by atoms with Gasteiger partial charge in [-0.3, -0.25) is 5.10 Å². The Bertz CT molecular complexity index is 718. The van der Waals surface area contributed by atoms with Crippen LogP contribution in [-0.2, 0) is 16.6 Å². The number of aromatic amines is 1. The number of sulfonamides is 1. The molecule has 0 aliphatic heterocycles. The molecule has 7 nitrogen and oxygen atoms in total. The van der Waals surface area contributed by atoms with Gasteiger partial charge < -0.3 is 9.73 Å². The molecular weight excluding hydrogens is 292 g/mol. The van der Waals surface area contributed by atoms with Crippen molar-refractivity contribution < 1.29 is 12.8 Å². The molecule has 0 fully saturated rings. The van der Waals surface area contributed by atoms with Gasteiger partial charge in [0.1, 0.15) is 11.5 Å². The van der Waals surface area contributed by atoms with Gasteiger partial charge in [-0.1, -0.05) is 0 Å². The zero-order valence-corrected chi connectivity index (χ0v) is 13.3. The molecule has 116 valence electrons. The summed E-state index contributed by atoms with van der Waals surface area (Å²) in [4.78, 5) is 0. The van der Waals surface area contributed by atoms with Gasteiger partial charge in [-0.05, 0) is 33.9 Å². The van der Waals surface area contributed by atoms with Crippen molar-refractivity contribution in [3.63, 3.8) is 0 Å². The molecule has 2 aromatic heterocycles. The molecule has 1 unspecified atom stereocenters. The zero-order chi connectivity index (χ0) is 15.6. The van der Waals surface area contributed by atoms with Gasteiger partial charge in [0, 0.05) is 23.7 Å². The molecule has 0 aliphatic rings. The van der Waals surface area contributed by atoms with E-state index >= 15 is 0 Å². The van der Waals surface area contributed by atoms with Crippen LogP contribution in [0.3, 0.4) is 0 Å². The number of hydrogen-bond acceptors (Lipinski definition) is 5. The van der Waals surface area contributed by atoms with Crippen LogP contribution >= 0.6 is 0 Å². The van der Waals surface area contributed by atoms with Crippen molar-refractivity contribution in [2.75, 3.05) is 7.05 Å². The molecule has 0 bridgehead atoms. The Morgan fingerprint density at radius 1 is 1.43 bits per heavy atom. The van der Waals surface area contributed by atoms with Crippen molar-refractivity contribution in [2.24, 2.45) is 0 Å². The van der Waals surface area contributed by atoms with Crippen LogP contribution in [0.1, 0.15) is 35.6 Å². The van der Waals surface area contributed by atoms with Crippen LogP contribution in [0.15, 0.2) is 21.7 Å². The van der Waals surface area contributed by atoms with Gasteiger partial charge in [0.2, 0.25) is 0 Å². The van der Waals surface area contributed by atoms with E-state index in [0.29, 0.717) is 17.9 Å². The van der Waals surface area contributed by atoms with Crippen LogP contribution in [0.5, 0.6) is 0 Å². The summed E-state index contributed by atoms with van der Waals surface area (Å²) in [6.07, 6.45) is 1.50. The van der Waals surface area contributed by atoms with Crippen molar-refractivity contribution in [3.8, 4) is 0 Å². The number of furan rings is 1. The monoisotopic (exact) mass is 312 g/mol. The Hall–Kier alpha value is -1.64. The van der Waals surface area contributed by atoms with Crippen LogP contribution in [0.4, 0.5) is 0 Å². The molecule has 0 saturated heterocycles. The largest absolute Gasteiger partial charge is 0.466 e.